The highest BCUT2D eigenvalue weighted by atomic mass is 32.1. The lowest BCUT2D eigenvalue weighted by atomic mass is 10.2. The molecule has 0 unspecified atom stereocenters. The van der Waals surface area contributed by atoms with Crippen LogP contribution in [0.4, 0.5) is 5.13 Å². The smallest absolute Gasteiger partial charge is 0.226 e. The second-order valence-electron chi connectivity index (χ2n) is 3.05. The Morgan fingerprint density at radius 3 is 2.67 bits per heavy atom. The number of benzene rings is 1. The van der Waals surface area contributed by atoms with E-state index in [4.69, 9.17) is 0 Å². The molecule has 1 heterocycles. The first-order chi connectivity index (χ1) is 7.29. The summed E-state index contributed by atoms with van der Waals surface area (Å²) in [5, 5.41) is 13.0. The van der Waals surface area contributed by atoms with E-state index in [1.165, 1.54) is 16.9 Å². The van der Waals surface area contributed by atoms with Crippen LogP contribution in [-0.4, -0.2) is 16.9 Å². The normalized spacial score (nSPS) is 9.93. The lowest BCUT2D eigenvalue weighted by molar-refractivity contribution is 1.08. The summed E-state index contributed by atoms with van der Waals surface area (Å²) < 4.78 is 0. The van der Waals surface area contributed by atoms with E-state index in [1.807, 2.05) is 12.1 Å². The lowest BCUT2D eigenvalue weighted by Crippen LogP contribution is -1.83. The van der Waals surface area contributed by atoms with E-state index in [-0.39, 0.29) is 0 Å². The van der Waals surface area contributed by atoms with Crippen molar-refractivity contribution in [3.63, 3.8) is 0 Å². The van der Waals surface area contributed by atoms with Crippen LogP contribution in [0.3, 0.4) is 0 Å². The minimum absolute atomic E-state index is 0.653. The predicted molar refractivity (Wildman–Crippen MR) is 63.3 cm³/mol. The van der Waals surface area contributed by atoms with Crippen LogP contribution in [0, 0.1) is 6.92 Å². The topological polar surface area (TPSA) is 50.2 Å². The first-order valence-electron chi connectivity index (χ1n) is 4.42. The number of anilines is 1. The largest absolute Gasteiger partial charge is 0.252 e. The fourth-order valence-corrected chi connectivity index (χ4v) is 1.86. The van der Waals surface area contributed by atoms with Gasteiger partial charge >= 0.3 is 0 Å². The van der Waals surface area contributed by atoms with Crippen LogP contribution in [0.5, 0.6) is 0 Å². The van der Waals surface area contributed by atoms with Gasteiger partial charge in [-0.15, -0.1) is 10.2 Å². The van der Waals surface area contributed by atoms with Crippen molar-refractivity contribution in [3.8, 4) is 10.6 Å². The van der Waals surface area contributed by atoms with Crippen LogP contribution in [-0.2, 0) is 0 Å². The summed E-state index contributed by atoms with van der Waals surface area (Å²) in [5.74, 6) is 0. The number of hydrogen-bond acceptors (Lipinski definition) is 5. The van der Waals surface area contributed by atoms with Crippen molar-refractivity contribution in [1.82, 2.24) is 10.2 Å². The van der Waals surface area contributed by atoms with E-state index in [9.17, 15) is 0 Å². The van der Waals surface area contributed by atoms with E-state index in [0.717, 1.165) is 10.6 Å². The summed E-state index contributed by atoms with van der Waals surface area (Å²) in [7, 11) is 0. The van der Waals surface area contributed by atoms with E-state index in [0.29, 0.717) is 5.13 Å². The molecule has 0 aliphatic heterocycles. The maximum atomic E-state index is 4.05. The number of hydrogen-bond donors (Lipinski definition) is 1. The van der Waals surface area contributed by atoms with Gasteiger partial charge < -0.3 is 0 Å². The van der Waals surface area contributed by atoms with E-state index in [1.54, 1.807) is 0 Å². The summed E-state index contributed by atoms with van der Waals surface area (Å²) >= 11 is 1.45. The molecule has 0 aliphatic rings. The Balaban J connectivity index is 2.28. The third kappa shape index (κ3) is 2.19. The molecule has 0 aliphatic carbocycles. The van der Waals surface area contributed by atoms with Gasteiger partial charge in [0.25, 0.3) is 0 Å². The molecule has 0 amide bonds. The lowest BCUT2D eigenvalue weighted by Gasteiger charge is -1.95. The van der Waals surface area contributed by atoms with Crippen LogP contribution >= 0.6 is 11.3 Å². The second-order valence-corrected chi connectivity index (χ2v) is 4.03. The summed E-state index contributed by atoms with van der Waals surface area (Å²) in [5.41, 5.74) is 4.96. The molecule has 5 heteroatoms. The number of hydrazone groups is 1. The first kappa shape index (κ1) is 9.79. The minimum atomic E-state index is 0.653. The molecule has 0 saturated heterocycles. The van der Waals surface area contributed by atoms with Gasteiger partial charge in [-0.25, -0.2) is 0 Å². The summed E-state index contributed by atoms with van der Waals surface area (Å²) in [6.07, 6.45) is 0. The van der Waals surface area contributed by atoms with Gasteiger partial charge in [-0.1, -0.05) is 41.2 Å². The maximum absolute atomic E-state index is 4.05. The van der Waals surface area contributed by atoms with Gasteiger partial charge in [0.1, 0.15) is 5.01 Å². The Morgan fingerprint density at radius 2 is 2.00 bits per heavy atom. The molecule has 0 atom stereocenters. The molecule has 0 bridgehead atoms. The summed E-state index contributed by atoms with van der Waals surface area (Å²) in [6.45, 7) is 5.38. The quantitative estimate of drug-likeness (QED) is 0.636. The van der Waals surface area contributed by atoms with Crippen molar-refractivity contribution in [2.24, 2.45) is 5.10 Å². The van der Waals surface area contributed by atoms with Gasteiger partial charge in [0.2, 0.25) is 5.13 Å². The molecular formula is C10H10N4S. The molecule has 15 heavy (non-hydrogen) atoms. The minimum Gasteiger partial charge on any atom is -0.252 e. The zero-order valence-corrected chi connectivity index (χ0v) is 9.08. The fraction of sp³-hybridized carbons (Fsp3) is 0.100. The van der Waals surface area contributed by atoms with E-state index >= 15 is 0 Å². The van der Waals surface area contributed by atoms with Crippen LogP contribution in [0.1, 0.15) is 5.56 Å². The van der Waals surface area contributed by atoms with Gasteiger partial charge in [-0.2, -0.15) is 5.10 Å². The second kappa shape index (κ2) is 4.18. The number of aryl methyl sites for hydroxylation is 1. The Morgan fingerprint density at radius 1 is 1.27 bits per heavy atom. The Labute approximate surface area is 91.7 Å². The molecule has 2 rings (SSSR count). The summed E-state index contributed by atoms with van der Waals surface area (Å²) in [4.78, 5) is 0. The molecule has 76 valence electrons. The Kier molecular flexibility index (Phi) is 2.73. The number of aromatic nitrogens is 2. The predicted octanol–water partition coefficient (Wildman–Crippen LogP) is 2.54. The van der Waals surface area contributed by atoms with E-state index in [2.05, 4.69) is 46.5 Å². The Bertz CT molecular complexity index is 461. The SMILES string of the molecule is C=NNc1nnc(-c2ccc(C)cc2)s1. The third-order valence-corrected chi connectivity index (χ3v) is 2.78. The standard InChI is InChI=1S/C10H10N4S/c1-7-3-5-8(6-4-7)9-12-14-10(15-9)13-11-2/h3-6H,2H2,1H3,(H,13,14). The highest BCUT2D eigenvalue weighted by molar-refractivity contribution is 7.18. The molecule has 0 fully saturated rings. The maximum Gasteiger partial charge on any atom is 0.226 e. The molecule has 1 aromatic heterocycles. The number of rotatable bonds is 3. The fourth-order valence-electron chi connectivity index (χ4n) is 1.15. The zero-order chi connectivity index (χ0) is 10.7. The van der Waals surface area contributed by atoms with Crippen molar-refractivity contribution in [1.29, 1.82) is 0 Å². The van der Waals surface area contributed by atoms with Gasteiger partial charge in [-0.05, 0) is 6.92 Å². The van der Waals surface area contributed by atoms with Gasteiger partial charge in [0.05, 0.1) is 0 Å². The molecule has 0 radical (unpaired) electrons. The molecular weight excluding hydrogens is 208 g/mol. The number of nitrogens with one attached hydrogen (secondary N) is 1. The van der Waals surface area contributed by atoms with Crippen LogP contribution in [0.25, 0.3) is 10.6 Å². The summed E-state index contributed by atoms with van der Waals surface area (Å²) in [6, 6.07) is 8.16. The molecule has 0 spiro atoms. The van der Waals surface area contributed by atoms with Crippen LogP contribution < -0.4 is 5.43 Å². The van der Waals surface area contributed by atoms with Crippen molar-refractivity contribution < 1.29 is 0 Å². The van der Waals surface area contributed by atoms with Crippen LogP contribution in [0.15, 0.2) is 29.4 Å². The third-order valence-electron chi connectivity index (χ3n) is 1.90. The van der Waals surface area contributed by atoms with Gasteiger partial charge in [0.15, 0.2) is 0 Å². The monoisotopic (exact) mass is 218 g/mol. The van der Waals surface area contributed by atoms with Crippen molar-refractivity contribution >= 4 is 23.2 Å². The Hall–Kier alpha value is -1.75. The van der Waals surface area contributed by atoms with Gasteiger partial charge in [-0.3, -0.25) is 5.43 Å². The average Bonchev–Trinajstić information content (AvgIpc) is 2.68. The highest BCUT2D eigenvalue weighted by Crippen LogP contribution is 2.26. The average molecular weight is 218 g/mol. The highest BCUT2D eigenvalue weighted by Gasteiger charge is 2.04. The van der Waals surface area contributed by atoms with E-state index < -0.39 is 0 Å². The van der Waals surface area contributed by atoms with Crippen LogP contribution in [0.2, 0.25) is 0 Å². The molecule has 1 N–H and O–H groups in total. The molecule has 0 saturated carbocycles. The molecule has 4 nitrogen and oxygen atoms in total. The van der Waals surface area contributed by atoms with Crippen molar-refractivity contribution in [2.45, 2.75) is 6.92 Å². The number of nitrogens with zero attached hydrogens (tertiary/aromatic N) is 3. The van der Waals surface area contributed by atoms with Crippen molar-refractivity contribution in [3.05, 3.63) is 29.8 Å². The first-order valence-corrected chi connectivity index (χ1v) is 5.23. The zero-order valence-electron chi connectivity index (χ0n) is 8.27. The van der Waals surface area contributed by atoms with Crippen molar-refractivity contribution in [2.75, 3.05) is 5.43 Å². The molecule has 1 aromatic carbocycles. The molecule has 2 aromatic rings. The van der Waals surface area contributed by atoms with Gasteiger partial charge in [0, 0.05) is 12.3 Å².